The van der Waals surface area contributed by atoms with E-state index in [4.69, 9.17) is 0 Å². The van der Waals surface area contributed by atoms with Crippen molar-refractivity contribution in [3.63, 3.8) is 0 Å². The molecular weight excluding hydrogens is 315 g/mol. The zero-order valence-electron chi connectivity index (χ0n) is 6.20. The smallest absolute Gasteiger partial charge is 0.212 e. The lowest BCUT2D eigenvalue weighted by molar-refractivity contribution is 0.149. The van der Waals surface area contributed by atoms with Gasteiger partial charge in [0.1, 0.15) is 4.60 Å². The Morgan fingerprint density at radius 3 is 2.54 bits per heavy atom. The fourth-order valence-electron chi connectivity index (χ4n) is 0.855. The first-order valence-electron chi connectivity index (χ1n) is 3.25. The lowest BCUT2D eigenvalue weighted by Gasteiger charge is -2.07. The van der Waals surface area contributed by atoms with Crippen LogP contribution in [0, 0.1) is 5.95 Å². The van der Waals surface area contributed by atoms with Crippen LogP contribution in [0.1, 0.15) is 17.6 Å². The fraction of sp³-hybridized carbons (Fsp3) is 0.286. The van der Waals surface area contributed by atoms with Crippen LogP contribution in [0.4, 0.5) is 13.2 Å². The van der Waals surface area contributed by atoms with Crippen LogP contribution < -0.4 is 0 Å². The first kappa shape index (κ1) is 11.0. The van der Waals surface area contributed by atoms with E-state index >= 15 is 0 Å². The molecule has 0 aliphatic heterocycles. The highest BCUT2D eigenvalue weighted by atomic mass is 79.9. The Morgan fingerprint density at radius 2 is 2.08 bits per heavy atom. The van der Waals surface area contributed by atoms with Gasteiger partial charge in [-0.05, 0) is 15.9 Å². The summed E-state index contributed by atoms with van der Waals surface area (Å²) >= 11 is 5.94. The standard InChI is InChI=1S/C7H4Br2F3N/c8-2-4-3(7(11)12)1-5(10)13-6(4)9/h1,7H,2H2. The van der Waals surface area contributed by atoms with Crippen molar-refractivity contribution in [1.29, 1.82) is 0 Å². The van der Waals surface area contributed by atoms with E-state index in [1.54, 1.807) is 0 Å². The summed E-state index contributed by atoms with van der Waals surface area (Å²) in [5.41, 5.74) is -0.0624. The number of aromatic nitrogens is 1. The molecule has 13 heavy (non-hydrogen) atoms. The average molecular weight is 319 g/mol. The normalized spacial score (nSPS) is 10.9. The van der Waals surface area contributed by atoms with E-state index in [-0.39, 0.29) is 21.1 Å². The van der Waals surface area contributed by atoms with Gasteiger partial charge in [-0.2, -0.15) is 4.39 Å². The van der Waals surface area contributed by atoms with E-state index in [2.05, 4.69) is 36.8 Å². The molecule has 0 saturated carbocycles. The summed E-state index contributed by atoms with van der Waals surface area (Å²) in [4.78, 5) is 3.37. The van der Waals surface area contributed by atoms with Crippen molar-refractivity contribution in [3.8, 4) is 0 Å². The average Bonchev–Trinajstić information content (AvgIpc) is 2.02. The van der Waals surface area contributed by atoms with Crippen LogP contribution in [0.15, 0.2) is 10.7 Å². The van der Waals surface area contributed by atoms with Gasteiger partial charge in [0.05, 0.1) is 0 Å². The molecule has 1 aromatic rings. The zero-order chi connectivity index (χ0) is 10.0. The van der Waals surface area contributed by atoms with Crippen LogP contribution in [0.25, 0.3) is 0 Å². The fourth-order valence-corrected chi connectivity index (χ4v) is 2.36. The summed E-state index contributed by atoms with van der Waals surface area (Å²) in [5.74, 6) is -0.910. The van der Waals surface area contributed by atoms with Crippen molar-refractivity contribution in [1.82, 2.24) is 4.98 Å². The minimum atomic E-state index is -2.69. The molecule has 0 amide bonds. The second kappa shape index (κ2) is 4.41. The molecule has 1 heterocycles. The van der Waals surface area contributed by atoms with Crippen molar-refractivity contribution in [2.24, 2.45) is 0 Å². The van der Waals surface area contributed by atoms with Crippen molar-refractivity contribution in [2.75, 3.05) is 0 Å². The Labute approximate surface area is 89.6 Å². The Kier molecular flexibility index (Phi) is 3.73. The summed E-state index contributed by atoms with van der Waals surface area (Å²) < 4.78 is 37.4. The third-order valence-electron chi connectivity index (χ3n) is 1.45. The van der Waals surface area contributed by atoms with Gasteiger partial charge in [-0.3, -0.25) is 0 Å². The lowest BCUT2D eigenvalue weighted by atomic mass is 10.2. The highest BCUT2D eigenvalue weighted by molar-refractivity contribution is 9.10. The predicted octanol–water partition coefficient (Wildman–Crippen LogP) is 3.82. The van der Waals surface area contributed by atoms with E-state index in [0.717, 1.165) is 6.07 Å². The quantitative estimate of drug-likeness (QED) is 0.597. The van der Waals surface area contributed by atoms with Crippen molar-refractivity contribution in [2.45, 2.75) is 11.8 Å². The maximum Gasteiger partial charge on any atom is 0.264 e. The summed E-state index contributed by atoms with van der Waals surface area (Å²) in [5, 5.41) is 0.209. The molecule has 0 spiro atoms. The summed E-state index contributed by atoms with van der Waals surface area (Å²) in [6.07, 6.45) is -2.69. The van der Waals surface area contributed by atoms with Gasteiger partial charge < -0.3 is 0 Å². The van der Waals surface area contributed by atoms with Gasteiger partial charge in [-0.15, -0.1) is 0 Å². The number of rotatable bonds is 2. The molecular formula is C7H4Br2F3N. The monoisotopic (exact) mass is 317 g/mol. The van der Waals surface area contributed by atoms with Crippen LogP contribution >= 0.6 is 31.9 Å². The zero-order valence-corrected chi connectivity index (χ0v) is 9.37. The number of hydrogen-bond acceptors (Lipinski definition) is 1. The minimum absolute atomic E-state index is 0.111. The summed E-state index contributed by atoms with van der Waals surface area (Å²) in [6.45, 7) is 0. The molecule has 0 aliphatic rings. The molecule has 0 aliphatic carbocycles. The minimum Gasteiger partial charge on any atom is -0.212 e. The highest BCUT2D eigenvalue weighted by Crippen LogP contribution is 2.29. The molecule has 0 unspecified atom stereocenters. The van der Waals surface area contributed by atoms with E-state index in [1.807, 2.05) is 0 Å². The summed E-state index contributed by atoms with van der Waals surface area (Å²) in [6, 6.07) is 0.742. The molecule has 0 bridgehead atoms. The number of halogens is 5. The molecule has 0 fully saturated rings. The number of pyridine rings is 1. The van der Waals surface area contributed by atoms with Gasteiger partial charge in [-0.25, -0.2) is 13.8 Å². The Morgan fingerprint density at radius 1 is 1.46 bits per heavy atom. The molecule has 0 saturated heterocycles. The van der Waals surface area contributed by atoms with Crippen LogP contribution in [-0.2, 0) is 5.33 Å². The first-order valence-corrected chi connectivity index (χ1v) is 5.16. The summed E-state index contributed by atoms with van der Waals surface area (Å²) in [7, 11) is 0. The molecule has 0 atom stereocenters. The van der Waals surface area contributed by atoms with Crippen LogP contribution in [0.5, 0.6) is 0 Å². The van der Waals surface area contributed by atoms with Crippen LogP contribution in [0.3, 0.4) is 0 Å². The second-order valence-corrected chi connectivity index (χ2v) is 3.55. The predicted molar refractivity (Wildman–Crippen MR) is 49.5 cm³/mol. The van der Waals surface area contributed by atoms with Crippen molar-refractivity contribution >= 4 is 31.9 Å². The molecule has 0 radical (unpaired) electrons. The first-order chi connectivity index (χ1) is 6.06. The van der Waals surface area contributed by atoms with E-state index in [0.29, 0.717) is 0 Å². The number of hydrogen-bond donors (Lipinski definition) is 0. The molecule has 1 rings (SSSR count). The molecule has 0 aromatic carbocycles. The number of nitrogens with zero attached hydrogens (tertiary/aromatic N) is 1. The van der Waals surface area contributed by atoms with Gasteiger partial charge in [0.25, 0.3) is 6.43 Å². The largest absolute Gasteiger partial charge is 0.264 e. The number of alkyl halides is 3. The SMILES string of the molecule is Fc1cc(C(F)F)c(CBr)c(Br)n1. The topological polar surface area (TPSA) is 12.9 Å². The maximum atomic E-state index is 12.6. The van der Waals surface area contributed by atoms with Crippen molar-refractivity contribution < 1.29 is 13.2 Å². The third-order valence-corrected chi connectivity index (χ3v) is 2.66. The van der Waals surface area contributed by atoms with Gasteiger partial charge in [0, 0.05) is 22.5 Å². The Bertz CT molecular complexity index is 317. The Balaban J connectivity index is 3.29. The molecule has 0 N–H and O–H groups in total. The van der Waals surface area contributed by atoms with Gasteiger partial charge in [0.2, 0.25) is 5.95 Å². The maximum absolute atomic E-state index is 12.6. The van der Waals surface area contributed by atoms with Gasteiger partial charge in [-0.1, -0.05) is 15.9 Å². The van der Waals surface area contributed by atoms with Crippen LogP contribution in [0.2, 0.25) is 0 Å². The second-order valence-electron chi connectivity index (χ2n) is 2.24. The van der Waals surface area contributed by atoms with Gasteiger partial charge in [0.15, 0.2) is 0 Å². The van der Waals surface area contributed by atoms with E-state index in [1.165, 1.54) is 0 Å². The molecule has 72 valence electrons. The molecule has 6 heteroatoms. The third kappa shape index (κ3) is 2.43. The molecule has 1 nitrogen and oxygen atoms in total. The Hall–Kier alpha value is -0.100. The highest BCUT2D eigenvalue weighted by Gasteiger charge is 2.17. The van der Waals surface area contributed by atoms with E-state index in [9.17, 15) is 13.2 Å². The van der Waals surface area contributed by atoms with Crippen LogP contribution in [-0.4, -0.2) is 4.98 Å². The van der Waals surface area contributed by atoms with E-state index < -0.39 is 12.4 Å². The van der Waals surface area contributed by atoms with Crippen molar-refractivity contribution in [3.05, 3.63) is 27.7 Å². The van der Waals surface area contributed by atoms with Gasteiger partial charge >= 0.3 is 0 Å². The lowest BCUT2D eigenvalue weighted by Crippen LogP contribution is -1.98. The molecule has 1 aromatic heterocycles.